The van der Waals surface area contributed by atoms with Crippen LogP contribution in [0, 0.1) is 0 Å². The van der Waals surface area contributed by atoms with Crippen LogP contribution in [0.2, 0.25) is 0 Å². The minimum Gasteiger partial charge on any atom is -1.00 e. The van der Waals surface area contributed by atoms with Gasteiger partial charge in [0.2, 0.25) is 0 Å². The minimum atomic E-state index is 0. The first-order valence-electron chi connectivity index (χ1n) is 9.65. The molecule has 2 heteroatoms. The Morgan fingerprint density at radius 3 is 1.78 bits per heavy atom. The third-order valence-corrected chi connectivity index (χ3v) is 4.74. The molecule has 0 saturated carbocycles. The molecule has 0 amide bonds. The second-order valence-electron chi connectivity index (χ2n) is 6.92. The molecule has 1 rings (SSSR count). The molecule has 1 aromatic carbocycles. The lowest BCUT2D eigenvalue weighted by atomic mass is 10.1. The van der Waals surface area contributed by atoms with Crippen molar-refractivity contribution in [3.05, 3.63) is 35.9 Å². The molecule has 0 fully saturated rings. The van der Waals surface area contributed by atoms with Crippen LogP contribution >= 0.6 is 0 Å². The topological polar surface area (TPSA) is 0 Å². The number of hydrogen-bond acceptors (Lipinski definition) is 0. The van der Waals surface area contributed by atoms with Gasteiger partial charge in [0.15, 0.2) is 0 Å². The number of hydrogen-bond donors (Lipinski definition) is 0. The Bertz CT molecular complexity index is 357. The number of rotatable bonds is 13. The Hall–Kier alpha value is -0.340. The van der Waals surface area contributed by atoms with E-state index in [0.717, 1.165) is 0 Å². The maximum atomic E-state index is 2.34. The number of halogens is 1. The van der Waals surface area contributed by atoms with Gasteiger partial charge in [-0.3, -0.25) is 0 Å². The van der Waals surface area contributed by atoms with Crippen LogP contribution in [-0.4, -0.2) is 24.1 Å². The van der Waals surface area contributed by atoms with E-state index in [4.69, 9.17) is 0 Å². The van der Waals surface area contributed by atoms with Crippen LogP contribution in [0.15, 0.2) is 30.3 Å². The summed E-state index contributed by atoms with van der Waals surface area (Å²) in [6, 6.07) is 11.1. The van der Waals surface area contributed by atoms with Gasteiger partial charge in [-0.1, -0.05) is 76.8 Å². The van der Waals surface area contributed by atoms with Crippen LogP contribution in [0.25, 0.3) is 0 Å². The van der Waals surface area contributed by atoms with Crippen LogP contribution < -0.4 is 17.0 Å². The summed E-state index contributed by atoms with van der Waals surface area (Å²) in [6.45, 7) is 12.2. The van der Waals surface area contributed by atoms with Gasteiger partial charge in [-0.15, -0.1) is 0 Å². The lowest BCUT2D eigenvalue weighted by Crippen LogP contribution is -3.00. The first-order chi connectivity index (χ1) is 10.8. The summed E-state index contributed by atoms with van der Waals surface area (Å²) < 4.78 is 1.30. The summed E-state index contributed by atoms with van der Waals surface area (Å²) in [5, 5.41) is 0. The van der Waals surface area contributed by atoms with Crippen molar-refractivity contribution in [2.75, 3.05) is 19.6 Å². The average molecular weight is 384 g/mol. The van der Waals surface area contributed by atoms with E-state index in [1.165, 1.54) is 87.6 Å². The molecule has 0 saturated heterocycles. The van der Waals surface area contributed by atoms with Crippen LogP contribution in [0.3, 0.4) is 0 Å². The predicted octanol–water partition coefficient (Wildman–Crippen LogP) is 3.19. The Morgan fingerprint density at radius 2 is 1.22 bits per heavy atom. The summed E-state index contributed by atoms with van der Waals surface area (Å²) in [5.74, 6) is 0. The fourth-order valence-electron chi connectivity index (χ4n) is 3.72. The highest BCUT2D eigenvalue weighted by Crippen LogP contribution is 2.19. The van der Waals surface area contributed by atoms with E-state index >= 15 is 0 Å². The summed E-state index contributed by atoms with van der Waals surface area (Å²) in [5.41, 5.74) is 1.51. The van der Waals surface area contributed by atoms with Gasteiger partial charge in [-0.05, 0) is 25.7 Å². The molecule has 0 bridgehead atoms. The maximum absolute atomic E-state index is 2.34. The smallest absolute Gasteiger partial charge is 0.104 e. The highest BCUT2D eigenvalue weighted by molar-refractivity contribution is 5.13. The molecule has 0 aliphatic heterocycles. The van der Waals surface area contributed by atoms with Crippen molar-refractivity contribution in [1.82, 2.24) is 0 Å². The maximum Gasteiger partial charge on any atom is 0.104 e. The number of nitrogens with zero attached hydrogens (tertiary/aromatic N) is 1. The second kappa shape index (κ2) is 14.0. The molecule has 1 nitrogen and oxygen atoms in total. The van der Waals surface area contributed by atoms with Crippen molar-refractivity contribution < 1.29 is 21.5 Å². The van der Waals surface area contributed by atoms with E-state index in [-0.39, 0.29) is 17.0 Å². The molecule has 1 aromatic rings. The molecule has 0 aromatic heterocycles. The van der Waals surface area contributed by atoms with Gasteiger partial charge in [0.25, 0.3) is 0 Å². The molecule has 0 unspecified atom stereocenters. The minimum absolute atomic E-state index is 0. The Kier molecular flexibility index (Phi) is 13.8. The van der Waals surface area contributed by atoms with Gasteiger partial charge in [-0.2, -0.15) is 0 Å². The van der Waals surface area contributed by atoms with Crippen molar-refractivity contribution in [1.29, 1.82) is 0 Å². The fourth-order valence-corrected chi connectivity index (χ4v) is 3.72. The SMILES string of the molecule is CCCCCCCC[N+](CCC)(CCC)Cc1ccccc1.[Br-]. The van der Waals surface area contributed by atoms with Crippen molar-refractivity contribution >= 4 is 0 Å². The van der Waals surface area contributed by atoms with E-state index in [1.807, 2.05) is 0 Å². The van der Waals surface area contributed by atoms with Crippen LogP contribution in [-0.2, 0) is 6.54 Å². The summed E-state index contributed by atoms with van der Waals surface area (Å²) in [4.78, 5) is 0. The lowest BCUT2D eigenvalue weighted by Gasteiger charge is -2.39. The predicted molar refractivity (Wildman–Crippen MR) is 99.0 cm³/mol. The van der Waals surface area contributed by atoms with Gasteiger partial charge in [0.1, 0.15) is 6.54 Å². The number of quaternary nitrogens is 1. The van der Waals surface area contributed by atoms with Gasteiger partial charge < -0.3 is 21.5 Å². The number of unbranched alkanes of at least 4 members (excludes halogenated alkanes) is 5. The molecule has 0 aliphatic rings. The van der Waals surface area contributed by atoms with E-state index < -0.39 is 0 Å². The van der Waals surface area contributed by atoms with E-state index in [1.54, 1.807) is 0 Å². The highest BCUT2D eigenvalue weighted by Gasteiger charge is 2.25. The molecular formula is C21H38BrN. The Morgan fingerprint density at radius 1 is 0.652 bits per heavy atom. The molecule has 0 radical (unpaired) electrons. The third kappa shape index (κ3) is 9.52. The standard InChI is InChI=1S/C21H38N.BrH/c1-4-7-8-9-10-14-19-22(17-5-2,18-6-3)20-21-15-12-11-13-16-21;/h11-13,15-16H,4-10,14,17-20H2,1-3H3;1H/q+1;/p-1. The number of benzene rings is 1. The van der Waals surface area contributed by atoms with Gasteiger partial charge >= 0.3 is 0 Å². The summed E-state index contributed by atoms with van der Waals surface area (Å²) in [6.07, 6.45) is 11.0. The second-order valence-corrected chi connectivity index (χ2v) is 6.92. The Labute approximate surface area is 155 Å². The molecule has 0 atom stereocenters. The van der Waals surface area contributed by atoms with Gasteiger partial charge in [0, 0.05) is 5.56 Å². The van der Waals surface area contributed by atoms with Crippen LogP contribution in [0.1, 0.15) is 77.7 Å². The van der Waals surface area contributed by atoms with Gasteiger partial charge in [0.05, 0.1) is 19.6 Å². The first kappa shape index (κ1) is 22.7. The van der Waals surface area contributed by atoms with E-state index in [0.29, 0.717) is 0 Å². The molecule has 0 heterocycles. The van der Waals surface area contributed by atoms with E-state index in [2.05, 4.69) is 51.1 Å². The summed E-state index contributed by atoms with van der Waals surface area (Å²) in [7, 11) is 0. The van der Waals surface area contributed by atoms with Crippen molar-refractivity contribution in [2.45, 2.75) is 78.7 Å². The Balaban J connectivity index is 0.00000484. The molecular weight excluding hydrogens is 346 g/mol. The monoisotopic (exact) mass is 383 g/mol. The molecule has 0 aliphatic carbocycles. The van der Waals surface area contributed by atoms with Crippen molar-refractivity contribution in [3.63, 3.8) is 0 Å². The first-order valence-corrected chi connectivity index (χ1v) is 9.65. The van der Waals surface area contributed by atoms with Crippen LogP contribution in [0.4, 0.5) is 0 Å². The van der Waals surface area contributed by atoms with E-state index in [9.17, 15) is 0 Å². The van der Waals surface area contributed by atoms with Crippen LogP contribution in [0.5, 0.6) is 0 Å². The van der Waals surface area contributed by atoms with Crippen molar-refractivity contribution in [2.24, 2.45) is 0 Å². The molecule has 0 N–H and O–H groups in total. The van der Waals surface area contributed by atoms with Gasteiger partial charge in [-0.25, -0.2) is 0 Å². The summed E-state index contributed by atoms with van der Waals surface area (Å²) >= 11 is 0. The molecule has 134 valence electrons. The largest absolute Gasteiger partial charge is 1.00 e. The van der Waals surface area contributed by atoms with Crippen molar-refractivity contribution in [3.8, 4) is 0 Å². The molecule has 23 heavy (non-hydrogen) atoms. The molecule has 0 spiro atoms. The average Bonchev–Trinajstić information content (AvgIpc) is 2.52. The lowest BCUT2D eigenvalue weighted by molar-refractivity contribution is -0.941. The zero-order valence-corrected chi connectivity index (χ0v) is 17.3. The zero-order chi connectivity index (χ0) is 16.1. The highest BCUT2D eigenvalue weighted by atomic mass is 79.9. The zero-order valence-electron chi connectivity index (χ0n) is 15.7. The normalized spacial score (nSPS) is 11.3. The quantitative estimate of drug-likeness (QED) is 0.362. The fraction of sp³-hybridized carbons (Fsp3) is 0.714. The third-order valence-electron chi connectivity index (χ3n) is 4.74.